The summed E-state index contributed by atoms with van der Waals surface area (Å²) in [6.45, 7) is 0. The van der Waals surface area contributed by atoms with Crippen LogP contribution in [-0.2, 0) is 14.2 Å². The van der Waals surface area contributed by atoms with Crippen LogP contribution in [0.4, 0.5) is 0 Å². The molecular weight excluding hydrogens is 201 g/mol. The standard InChI is InChI=1S/C2H2O4.BH3O3.Li.HOP.H/c3-1(4)2(5)6;2-1(3)4;;1-2;/h(H,3,4)(H,5,6);2-4H;;2H;/q;;+1;;-1. The zero-order chi connectivity index (χ0) is 10.7. The average molecular weight is 208 g/mol. The number of carboxylic acid groups (broad SMARTS) is 2. The van der Waals surface area contributed by atoms with Gasteiger partial charge < -0.3 is 26.7 Å². The molecule has 0 saturated carbocycles. The zero-order valence-electron chi connectivity index (χ0n) is 7.54. The molecule has 0 aromatic rings. The van der Waals surface area contributed by atoms with E-state index in [0.29, 0.717) is 0 Å². The summed E-state index contributed by atoms with van der Waals surface area (Å²) in [5.41, 5.74) is 0. The van der Waals surface area contributed by atoms with E-state index in [0.717, 1.165) is 0 Å². The van der Waals surface area contributed by atoms with Gasteiger partial charge in [0.25, 0.3) is 0 Å². The summed E-state index contributed by atoms with van der Waals surface area (Å²) in [5, 5.41) is 36.3. The van der Waals surface area contributed by atoms with Crippen LogP contribution in [-0.4, -0.2) is 44.5 Å². The molecular formula is C2H7BLiO8P. The van der Waals surface area contributed by atoms with Gasteiger partial charge in [0.15, 0.2) is 0 Å². The van der Waals surface area contributed by atoms with Gasteiger partial charge in [-0.3, -0.25) is 4.57 Å². The molecule has 72 valence electrons. The van der Waals surface area contributed by atoms with Crippen LogP contribution in [0.3, 0.4) is 0 Å². The Balaban J connectivity index is -0.0000000302. The van der Waals surface area contributed by atoms with Crippen molar-refractivity contribution in [3.8, 4) is 0 Å². The molecule has 0 aliphatic rings. The first-order valence-corrected chi connectivity index (χ1v) is 2.49. The van der Waals surface area contributed by atoms with Crippen molar-refractivity contribution in [1.82, 2.24) is 0 Å². The van der Waals surface area contributed by atoms with Gasteiger partial charge in [0.2, 0.25) is 0 Å². The molecule has 5 N–H and O–H groups in total. The Morgan fingerprint density at radius 3 is 1.08 bits per heavy atom. The predicted octanol–water partition coefficient (Wildman–Crippen LogP) is -5.30. The molecule has 8 nitrogen and oxygen atoms in total. The van der Waals surface area contributed by atoms with Gasteiger partial charge in [0, 0.05) is 0 Å². The molecule has 0 radical (unpaired) electrons. The molecule has 0 rings (SSSR count). The van der Waals surface area contributed by atoms with Crippen molar-refractivity contribution < 1.29 is 59.7 Å². The monoisotopic (exact) mass is 208 g/mol. The second-order valence-corrected chi connectivity index (χ2v) is 0.957. The van der Waals surface area contributed by atoms with E-state index in [1.165, 1.54) is 0 Å². The van der Waals surface area contributed by atoms with E-state index >= 15 is 0 Å². The maximum atomic E-state index is 9.10. The van der Waals surface area contributed by atoms with E-state index in [1.807, 2.05) is 0 Å². The Morgan fingerprint density at radius 2 is 1.08 bits per heavy atom. The summed E-state index contributed by atoms with van der Waals surface area (Å²) in [7, 11) is -0.444. The molecule has 0 unspecified atom stereocenters. The quantitative estimate of drug-likeness (QED) is 0.150. The minimum atomic E-state index is -2.17. The number of carbonyl (C=O) groups is 2. The molecule has 0 bridgehead atoms. The molecule has 0 aromatic carbocycles. The normalized spacial score (nSPS) is 5.77. The maximum absolute atomic E-state index is 9.10. The molecule has 0 fully saturated rings. The van der Waals surface area contributed by atoms with Crippen LogP contribution in [0.5, 0.6) is 0 Å². The Morgan fingerprint density at radius 1 is 1.00 bits per heavy atom. The Hall–Kier alpha value is -0.418. The molecule has 0 aliphatic carbocycles. The topological polar surface area (TPSA) is 152 Å². The van der Waals surface area contributed by atoms with Crippen LogP contribution < -0.4 is 18.9 Å². The van der Waals surface area contributed by atoms with E-state index < -0.39 is 19.3 Å². The Labute approximate surface area is 88.7 Å². The van der Waals surface area contributed by atoms with E-state index in [2.05, 4.69) is 0 Å². The predicted molar refractivity (Wildman–Crippen MR) is 37.8 cm³/mol. The third kappa shape index (κ3) is 82.9. The van der Waals surface area contributed by atoms with Crippen LogP contribution in [0.1, 0.15) is 1.43 Å². The minimum Gasteiger partial charge on any atom is -1.00 e. The molecule has 0 atom stereocenters. The molecule has 11 heteroatoms. The number of aliphatic carboxylic acids is 2. The van der Waals surface area contributed by atoms with Gasteiger partial charge in [0.1, 0.15) is 9.12 Å². The summed E-state index contributed by atoms with van der Waals surface area (Å²) in [5.74, 6) is -3.65. The fourth-order valence-electron chi connectivity index (χ4n) is 0. The number of hydrogen-bond donors (Lipinski definition) is 5. The fraction of sp³-hybridized carbons (Fsp3) is 0. The zero-order valence-corrected chi connectivity index (χ0v) is 7.54. The number of carboxylic acids is 2. The summed E-state index contributed by atoms with van der Waals surface area (Å²) < 4.78 is 8.06. The first kappa shape index (κ1) is 22.9. The average Bonchev–Trinajstić information content (AvgIpc) is 1.90. The minimum absolute atomic E-state index is 0. The van der Waals surface area contributed by atoms with E-state index in [9.17, 15) is 0 Å². The molecule has 0 saturated heterocycles. The van der Waals surface area contributed by atoms with Gasteiger partial charge >= 0.3 is 38.1 Å². The van der Waals surface area contributed by atoms with Gasteiger partial charge in [-0.1, -0.05) is 0 Å². The molecule has 0 amide bonds. The van der Waals surface area contributed by atoms with Crippen LogP contribution in [0.25, 0.3) is 0 Å². The molecule has 0 aromatic heterocycles. The molecule has 13 heavy (non-hydrogen) atoms. The van der Waals surface area contributed by atoms with Crippen molar-refractivity contribution in [3.63, 3.8) is 0 Å². The van der Waals surface area contributed by atoms with Crippen molar-refractivity contribution in [2.75, 3.05) is 0 Å². The van der Waals surface area contributed by atoms with Crippen LogP contribution in [0.15, 0.2) is 0 Å². The second kappa shape index (κ2) is 17.6. The molecule has 0 aliphatic heterocycles. The number of hydrogen-bond acceptors (Lipinski definition) is 6. The van der Waals surface area contributed by atoms with Crippen molar-refractivity contribution >= 4 is 28.4 Å². The summed E-state index contributed by atoms with van der Waals surface area (Å²) in [6.07, 6.45) is 0. The van der Waals surface area contributed by atoms with Crippen molar-refractivity contribution in [2.45, 2.75) is 0 Å². The van der Waals surface area contributed by atoms with Gasteiger partial charge in [-0.25, -0.2) is 9.59 Å². The van der Waals surface area contributed by atoms with Crippen molar-refractivity contribution in [1.29, 1.82) is 0 Å². The Bertz CT molecular complexity index is 131. The van der Waals surface area contributed by atoms with Gasteiger partial charge in [0.05, 0.1) is 0 Å². The van der Waals surface area contributed by atoms with Crippen LogP contribution >= 0.6 is 9.12 Å². The molecule has 0 heterocycles. The van der Waals surface area contributed by atoms with Gasteiger partial charge in [-0.2, -0.15) is 0 Å². The smallest absolute Gasteiger partial charge is 1.00 e. The van der Waals surface area contributed by atoms with E-state index in [4.69, 9.17) is 39.4 Å². The number of rotatable bonds is 0. The second-order valence-electron chi connectivity index (χ2n) is 0.957. The fourth-order valence-corrected chi connectivity index (χ4v) is 0. The van der Waals surface area contributed by atoms with Gasteiger partial charge in [-0.05, 0) is 0 Å². The SMILES string of the molecule is O=C(O)C(=O)O.O=P.OB(O)O.[H-].[Li+]. The van der Waals surface area contributed by atoms with E-state index in [1.54, 1.807) is 9.12 Å². The summed E-state index contributed by atoms with van der Waals surface area (Å²) in [4.78, 5) is 18.2. The van der Waals surface area contributed by atoms with Crippen molar-refractivity contribution in [2.24, 2.45) is 0 Å². The van der Waals surface area contributed by atoms with Crippen LogP contribution in [0.2, 0.25) is 0 Å². The molecule has 0 spiro atoms. The van der Waals surface area contributed by atoms with E-state index in [-0.39, 0.29) is 20.3 Å². The third-order valence-electron chi connectivity index (χ3n) is 0.183. The van der Waals surface area contributed by atoms with Crippen molar-refractivity contribution in [3.05, 3.63) is 0 Å². The first-order valence-electron chi connectivity index (χ1n) is 2.08. The largest absolute Gasteiger partial charge is 1.00 e. The Kier molecular flexibility index (Phi) is 31.0. The maximum Gasteiger partial charge on any atom is 1.00 e. The third-order valence-corrected chi connectivity index (χ3v) is 0.183. The van der Waals surface area contributed by atoms with Gasteiger partial charge in [-0.15, -0.1) is 0 Å². The van der Waals surface area contributed by atoms with Crippen LogP contribution in [0, 0.1) is 0 Å². The summed E-state index contributed by atoms with van der Waals surface area (Å²) in [6, 6.07) is 0. The first-order chi connectivity index (χ1) is 5.37. The summed E-state index contributed by atoms with van der Waals surface area (Å²) >= 11 is 0.